The van der Waals surface area contributed by atoms with Crippen molar-refractivity contribution in [2.45, 2.75) is 0 Å². The number of pyridine rings is 2. The van der Waals surface area contributed by atoms with Gasteiger partial charge < -0.3 is 19.5 Å². The highest BCUT2D eigenvalue weighted by Crippen LogP contribution is 2.29. The highest BCUT2D eigenvalue weighted by atomic mass is 16.5. The van der Waals surface area contributed by atoms with Crippen LogP contribution in [0, 0.1) is 0 Å². The fourth-order valence-electron chi connectivity index (χ4n) is 2.84. The molecule has 2 N–H and O–H groups in total. The number of aromatic amines is 1. The Morgan fingerprint density at radius 2 is 2.04 bits per heavy atom. The van der Waals surface area contributed by atoms with E-state index < -0.39 is 11.5 Å². The summed E-state index contributed by atoms with van der Waals surface area (Å²) in [6.07, 6.45) is 3.16. The number of nitrogens with zero attached hydrogens (tertiary/aromatic N) is 1. The number of H-pyrrole nitrogens is 1. The van der Waals surface area contributed by atoms with Crippen molar-refractivity contribution >= 4 is 22.5 Å². The first-order valence-electron chi connectivity index (χ1n) is 8.17. The van der Waals surface area contributed by atoms with Gasteiger partial charge in [0, 0.05) is 11.6 Å². The molecule has 134 valence electrons. The molecule has 0 fully saturated rings. The minimum atomic E-state index is -0.516. The monoisotopic (exact) mass is 361 g/mol. The Balaban J connectivity index is 1.67. The average molecular weight is 361 g/mol. The third kappa shape index (κ3) is 3.06. The number of fused-ring (bicyclic) bond motifs is 1. The average Bonchev–Trinajstić information content (AvgIpc) is 3.23. The van der Waals surface area contributed by atoms with Gasteiger partial charge in [-0.15, -0.1) is 0 Å². The molecule has 0 unspecified atom stereocenters. The third-order valence-electron chi connectivity index (χ3n) is 4.14. The number of carbonyl (C=O) groups excluding carboxylic acids is 1. The number of furan rings is 1. The summed E-state index contributed by atoms with van der Waals surface area (Å²) >= 11 is 0. The molecule has 27 heavy (non-hydrogen) atoms. The van der Waals surface area contributed by atoms with Gasteiger partial charge in [0.25, 0.3) is 11.5 Å². The topological polar surface area (TPSA) is 97.2 Å². The summed E-state index contributed by atoms with van der Waals surface area (Å²) in [5.74, 6) is 0.605. The molecule has 0 atom stereocenters. The van der Waals surface area contributed by atoms with E-state index >= 15 is 0 Å². The van der Waals surface area contributed by atoms with Gasteiger partial charge in [0.05, 0.1) is 24.8 Å². The number of hydrogen-bond donors (Lipinski definition) is 2. The number of ether oxygens (including phenoxy) is 1. The highest BCUT2D eigenvalue weighted by molar-refractivity contribution is 6.09. The zero-order valence-electron chi connectivity index (χ0n) is 14.4. The summed E-state index contributed by atoms with van der Waals surface area (Å²) in [5.41, 5.74) is 1.16. The van der Waals surface area contributed by atoms with Crippen LogP contribution in [0.25, 0.3) is 22.4 Å². The lowest BCUT2D eigenvalue weighted by atomic mass is 10.1. The van der Waals surface area contributed by atoms with Crippen LogP contribution < -0.4 is 15.6 Å². The van der Waals surface area contributed by atoms with E-state index in [-0.39, 0.29) is 5.56 Å². The number of benzene rings is 1. The van der Waals surface area contributed by atoms with Crippen LogP contribution in [0.3, 0.4) is 0 Å². The predicted octanol–water partition coefficient (Wildman–Crippen LogP) is 3.44. The predicted molar refractivity (Wildman–Crippen MR) is 101 cm³/mol. The minimum absolute atomic E-state index is 0.00170. The SMILES string of the molecule is COc1ccc(NC(=O)c2ccc(-c3ccco3)[nH]c2=O)c2cccnc12. The van der Waals surface area contributed by atoms with Crippen molar-refractivity contribution in [3.63, 3.8) is 0 Å². The van der Waals surface area contributed by atoms with E-state index in [1.54, 1.807) is 49.7 Å². The van der Waals surface area contributed by atoms with E-state index in [2.05, 4.69) is 15.3 Å². The lowest BCUT2D eigenvalue weighted by Gasteiger charge is -2.11. The zero-order valence-corrected chi connectivity index (χ0v) is 14.4. The smallest absolute Gasteiger partial charge is 0.261 e. The third-order valence-corrected chi connectivity index (χ3v) is 4.14. The first kappa shape index (κ1) is 16.6. The molecule has 0 aliphatic rings. The summed E-state index contributed by atoms with van der Waals surface area (Å²) in [6.45, 7) is 0. The molecule has 1 aromatic carbocycles. The molecule has 7 heteroatoms. The van der Waals surface area contributed by atoms with Crippen molar-refractivity contribution in [1.82, 2.24) is 9.97 Å². The molecule has 0 radical (unpaired) electrons. The van der Waals surface area contributed by atoms with Gasteiger partial charge in [0.15, 0.2) is 0 Å². The molecule has 3 aromatic heterocycles. The van der Waals surface area contributed by atoms with Crippen LogP contribution in [-0.4, -0.2) is 23.0 Å². The maximum absolute atomic E-state index is 12.6. The second-order valence-corrected chi connectivity index (χ2v) is 5.76. The molecule has 0 aliphatic heterocycles. The minimum Gasteiger partial charge on any atom is -0.494 e. The van der Waals surface area contributed by atoms with Crippen LogP contribution in [0.4, 0.5) is 5.69 Å². The summed E-state index contributed by atoms with van der Waals surface area (Å²) in [5, 5.41) is 3.49. The van der Waals surface area contributed by atoms with Crippen LogP contribution in [0.1, 0.15) is 10.4 Å². The highest BCUT2D eigenvalue weighted by Gasteiger charge is 2.15. The molecule has 1 amide bonds. The van der Waals surface area contributed by atoms with Crippen molar-refractivity contribution in [3.05, 3.63) is 76.9 Å². The fraction of sp³-hybridized carbons (Fsp3) is 0.0500. The van der Waals surface area contributed by atoms with Crippen LogP contribution in [-0.2, 0) is 0 Å². The molecule has 3 heterocycles. The van der Waals surface area contributed by atoms with Gasteiger partial charge in [-0.05, 0) is 48.5 Å². The van der Waals surface area contributed by atoms with E-state index in [0.29, 0.717) is 33.8 Å². The number of aromatic nitrogens is 2. The second kappa shape index (κ2) is 6.80. The Kier molecular flexibility index (Phi) is 4.18. The van der Waals surface area contributed by atoms with Crippen molar-refractivity contribution in [3.8, 4) is 17.2 Å². The van der Waals surface area contributed by atoms with Crippen LogP contribution in [0.2, 0.25) is 0 Å². The number of hydrogen-bond acceptors (Lipinski definition) is 5. The van der Waals surface area contributed by atoms with Gasteiger partial charge in [0.1, 0.15) is 22.6 Å². The van der Waals surface area contributed by atoms with Gasteiger partial charge in [-0.3, -0.25) is 14.6 Å². The van der Waals surface area contributed by atoms with Gasteiger partial charge >= 0.3 is 0 Å². The molecule has 4 rings (SSSR count). The summed E-state index contributed by atoms with van der Waals surface area (Å²) < 4.78 is 10.6. The van der Waals surface area contributed by atoms with Crippen LogP contribution in [0.5, 0.6) is 5.75 Å². The number of nitrogens with one attached hydrogen (secondary N) is 2. The number of methoxy groups -OCH3 is 1. The first-order valence-corrected chi connectivity index (χ1v) is 8.17. The Morgan fingerprint density at radius 1 is 1.15 bits per heavy atom. The first-order chi connectivity index (χ1) is 13.2. The maximum atomic E-state index is 12.6. The second-order valence-electron chi connectivity index (χ2n) is 5.76. The normalized spacial score (nSPS) is 10.7. The zero-order chi connectivity index (χ0) is 18.8. The fourth-order valence-corrected chi connectivity index (χ4v) is 2.84. The standard InChI is InChI=1S/C20H15N3O4/c1-26-17-9-8-14(12-4-2-10-21-18(12)17)22-19(24)13-6-7-15(23-20(13)25)16-5-3-11-27-16/h2-11H,1H3,(H,22,24)(H,23,25). The van der Waals surface area contributed by atoms with Crippen molar-refractivity contribution in [2.24, 2.45) is 0 Å². The number of carbonyl (C=O) groups is 1. The molecule has 4 aromatic rings. The molecule has 7 nitrogen and oxygen atoms in total. The van der Waals surface area contributed by atoms with Gasteiger partial charge in [-0.1, -0.05) is 0 Å². The van der Waals surface area contributed by atoms with Gasteiger partial charge in [0.2, 0.25) is 0 Å². The van der Waals surface area contributed by atoms with E-state index in [1.807, 2.05) is 6.07 Å². The van der Waals surface area contributed by atoms with Crippen molar-refractivity contribution in [1.29, 1.82) is 0 Å². The van der Waals surface area contributed by atoms with E-state index in [4.69, 9.17) is 9.15 Å². The molecule has 0 spiro atoms. The number of anilines is 1. The molecule has 0 bridgehead atoms. The lowest BCUT2D eigenvalue weighted by Crippen LogP contribution is -2.23. The molecule has 0 saturated heterocycles. The van der Waals surface area contributed by atoms with Crippen molar-refractivity contribution in [2.75, 3.05) is 12.4 Å². The summed E-state index contributed by atoms with van der Waals surface area (Å²) in [4.78, 5) is 31.9. The molecule has 0 aliphatic carbocycles. The molecular formula is C20H15N3O4. The van der Waals surface area contributed by atoms with Crippen LogP contribution in [0.15, 0.2) is 70.2 Å². The Morgan fingerprint density at radius 3 is 2.78 bits per heavy atom. The quantitative estimate of drug-likeness (QED) is 0.580. The summed E-state index contributed by atoms with van der Waals surface area (Å²) in [7, 11) is 1.56. The van der Waals surface area contributed by atoms with E-state index in [0.717, 1.165) is 0 Å². The Bertz CT molecular complexity index is 1180. The van der Waals surface area contributed by atoms with Gasteiger partial charge in [-0.25, -0.2) is 0 Å². The largest absolute Gasteiger partial charge is 0.494 e. The van der Waals surface area contributed by atoms with Crippen molar-refractivity contribution < 1.29 is 13.9 Å². The lowest BCUT2D eigenvalue weighted by molar-refractivity contribution is 0.102. The summed E-state index contributed by atoms with van der Waals surface area (Å²) in [6, 6.07) is 13.6. The molecule has 0 saturated carbocycles. The number of amides is 1. The Labute approximate surface area is 153 Å². The number of rotatable bonds is 4. The van der Waals surface area contributed by atoms with Gasteiger partial charge in [-0.2, -0.15) is 0 Å². The van der Waals surface area contributed by atoms with E-state index in [9.17, 15) is 9.59 Å². The molecular weight excluding hydrogens is 346 g/mol. The Hall–Kier alpha value is -3.87. The maximum Gasteiger partial charge on any atom is 0.261 e. The van der Waals surface area contributed by atoms with Crippen LogP contribution >= 0.6 is 0 Å². The van der Waals surface area contributed by atoms with E-state index in [1.165, 1.54) is 12.3 Å².